The fourth-order valence-electron chi connectivity index (χ4n) is 3.02. The number of rotatable bonds is 2. The number of nitrogens with zero attached hydrogens (tertiary/aromatic N) is 1. The van der Waals surface area contributed by atoms with E-state index in [0.29, 0.717) is 11.3 Å². The van der Waals surface area contributed by atoms with Crippen LogP contribution in [0.3, 0.4) is 0 Å². The lowest BCUT2D eigenvalue weighted by atomic mass is 9.67. The molecule has 3 unspecified atom stereocenters. The first-order chi connectivity index (χ1) is 8.36. The van der Waals surface area contributed by atoms with E-state index in [2.05, 4.69) is 31.1 Å². The van der Waals surface area contributed by atoms with Gasteiger partial charge >= 0.3 is 0 Å². The third-order valence-electron chi connectivity index (χ3n) is 4.30. The van der Waals surface area contributed by atoms with Crippen LogP contribution in [0.25, 0.3) is 0 Å². The lowest BCUT2D eigenvalue weighted by Gasteiger charge is -2.40. The topological polar surface area (TPSA) is 33.1 Å². The van der Waals surface area contributed by atoms with Gasteiger partial charge in [0.05, 0.1) is 16.8 Å². The van der Waals surface area contributed by atoms with Crippen molar-refractivity contribution in [2.24, 2.45) is 17.3 Å². The molecule has 0 saturated heterocycles. The highest BCUT2D eigenvalue weighted by Gasteiger charge is 2.35. The lowest BCUT2D eigenvalue weighted by molar-refractivity contribution is 0.0193. The van der Waals surface area contributed by atoms with Crippen LogP contribution in [0.4, 0.5) is 0 Å². The fourth-order valence-corrected chi connectivity index (χ4v) is 3.65. The highest BCUT2D eigenvalue weighted by molar-refractivity contribution is 7.09. The maximum absolute atomic E-state index is 10.2. The first-order valence-electron chi connectivity index (χ1n) is 6.95. The summed E-state index contributed by atoms with van der Waals surface area (Å²) in [5, 5.41) is 13.5. The van der Waals surface area contributed by atoms with Crippen molar-refractivity contribution in [3.63, 3.8) is 0 Å². The molecular weight excluding hydrogens is 242 g/mol. The normalized spacial score (nSPS) is 29.5. The van der Waals surface area contributed by atoms with Gasteiger partial charge in [-0.15, -0.1) is 11.3 Å². The molecule has 3 atom stereocenters. The Kier molecular flexibility index (Phi) is 4.12. The number of aliphatic hydroxyl groups excluding tert-OH is 1. The summed E-state index contributed by atoms with van der Waals surface area (Å²) in [6, 6.07) is 0. The summed E-state index contributed by atoms with van der Waals surface area (Å²) >= 11 is 1.71. The van der Waals surface area contributed by atoms with E-state index in [1.165, 1.54) is 0 Å². The first kappa shape index (κ1) is 14.0. The molecule has 3 heteroatoms. The van der Waals surface area contributed by atoms with Crippen LogP contribution in [0, 0.1) is 24.2 Å². The number of aryl methyl sites for hydroxylation is 1. The molecule has 0 spiro atoms. The van der Waals surface area contributed by atoms with E-state index < -0.39 is 0 Å². The molecule has 1 fully saturated rings. The molecule has 102 valence electrons. The number of hydrogen-bond donors (Lipinski definition) is 1. The van der Waals surface area contributed by atoms with Crippen LogP contribution in [0.2, 0.25) is 0 Å². The zero-order chi connectivity index (χ0) is 13.3. The number of hydrogen-bond acceptors (Lipinski definition) is 3. The Balaban J connectivity index is 2.02. The van der Waals surface area contributed by atoms with Gasteiger partial charge in [-0.1, -0.05) is 20.8 Å². The van der Waals surface area contributed by atoms with Crippen LogP contribution in [-0.2, 0) is 6.42 Å². The van der Waals surface area contributed by atoms with Gasteiger partial charge in [0.2, 0.25) is 0 Å². The highest BCUT2D eigenvalue weighted by atomic mass is 32.1. The number of aliphatic hydroxyl groups is 1. The van der Waals surface area contributed by atoms with E-state index >= 15 is 0 Å². The second-order valence-corrected chi connectivity index (χ2v) is 7.83. The Hall–Kier alpha value is -0.410. The van der Waals surface area contributed by atoms with Gasteiger partial charge in [0.1, 0.15) is 0 Å². The van der Waals surface area contributed by atoms with Gasteiger partial charge in [-0.3, -0.25) is 0 Å². The van der Waals surface area contributed by atoms with Crippen molar-refractivity contribution >= 4 is 11.3 Å². The van der Waals surface area contributed by atoms with E-state index in [1.807, 2.05) is 6.92 Å². The third-order valence-corrected chi connectivity index (χ3v) is 5.13. The molecule has 0 radical (unpaired) electrons. The van der Waals surface area contributed by atoms with Crippen LogP contribution in [0.5, 0.6) is 0 Å². The molecule has 1 aliphatic carbocycles. The third kappa shape index (κ3) is 3.33. The van der Waals surface area contributed by atoms with E-state index in [9.17, 15) is 5.11 Å². The van der Waals surface area contributed by atoms with Crippen molar-refractivity contribution < 1.29 is 5.11 Å². The van der Waals surface area contributed by atoms with Gasteiger partial charge in [0, 0.05) is 5.38 Å². The second-order valence-electron chi connectivity index (χ2n) is 6.77. The molecule has 1 N–H and O–H groups in total. The lowest BCUT2D eigenvalue weighted by Crippen LogP contribution is -2.35. The highest BCUT2D eigenvalue weighted by Crippen LogP contribution is 2.41. The summed E-state index contributed by atoms with van der Waals surface area (Å²) in [6.45, 7) is 9.00. The average Bonchev–Trinajstić information content (AvgIpc) is 2.66. The minimum atomic E-state index is -0.134. The molecule has 0 aromatic carbocycles. The zero-order valence-electron chi connectivity index (χ0n) is 11.9. The van der Waals surface area contributed by atoms with Crippen molar-refractivity contribution in [2.45, 2.75) is 59.5 Å². The Labute approximate surface area is 114 Å². The molecule has 1 saturated carbocycles. The second kappa shape index (κ2) is 5.30. The molecule has 0 amide bonds. The summed E-state index contributed by atoms with van der Waals surface area (Å²) in [6.07, 6.45) is 4.07. The largest absolute Gasteiger partial charge is 0.393 e. The van der Waals surface area contributed by atoms with Crippen LogP contribution in [0.15, 0.2) is 5.38 Å². The minimum absolute atomic E-state index is 0.134. The average molecular weight is 267 g/mol. The standard InChI is InChI=1S/C15H25NOS/c1-10-16-13(9-18-10)8-11-7-12(15(2,3)4)5-6-14(11)17/h9,11-12,14,17H,5-8H2,1-4H3. The maximum Gasteiger partial charge on any atom is 0.0897 e. The maximum atomic E-state index is 10.2. The summed E-state index contributed by atoms with van der Waals surface area (Å²) < 4.78 is 0. The van der Waals surface area contributed by atoms with Crippen molar-refractivity contribution in [3.8, 4) is 0 Å². The molecule has 2 nitrogen and oxygen atoms in total. The van der Waals surface area contributed by atoms with Crippen molar-refractivity contribution in [3.05, 3.63) is 16.1 Å². The summed E-state index contributed by atoms with van der Waals surface area (Å²) in [5.41, 5.74) is 1.52. The van der Waals surface area contributed by atoms with Crippen molar-refractivity contribution in [1.29, 1.82) is 0 Å². The predicted molar refractivity (Wildman–Crippen MR) is 76.8 cm³/mol. The zero-order valence-corrected chi connectivity index (χ0v) is 12.8. The first-order valence-corrected chi connectivity index (χ1v) is 7.83. The molecule has 2 rings (SSSR count). The van der Waals surface area contributed by atoms with Gasteiger partial charge in [0.25, 0.3) is 0 Å². The van der Waals surface area contributed by atoms with Crippen LogP contribution < -0.4 is 0 Å². The van der Waals surface area contributed by atoms with Crippen LogP contribution >= 0.6 is 11.3 Å². The van der Waals surface area contributed by atoms with Crippen molar-refractivity contribution in [2.75, 3.05) is 0 Å². The van der Waals surface area contributed by atoms with E-state index in [4.69, 9.17) is 0 Å². The van der Waals surface area contributed by atoms with Crippen LogP contribution in [-0.4, -0.2) is 16.2 Å². The Morgan fingerprint density at radius 1 is 1.39 bits per heavy atom. The monoisotopic (exact) mass is 267 g/mol. The van der Waals surface area contributed by atoms with Gasteiger partial charge < -0.3 is 5.11 Å². The Bertz CT molecular complexity index is 393. The smallest absolute Gasteiger partial charge is 0.0897 e. The van der Waals surface area contributed by atoms with Crippen LogP contribution in [0.1, 0.15) is 50.7 Å². The summed E-state index contributed by atoms with van der Waals surface area (Å²) in [4.78, 5) is 4.53. The number of thiazole rings is 1. The SMILES string of the molecule is Cc1nc(CC2CC(C(C)(C)C)CCC2O)cs1. The molecule has 1 aliphatic rings. The van der Waals surface area contributed by atoms with E-state index in [1.54, 1.807) is 11.3 Å². The Morgan fingerprint density at radius 3 is 2.67 bits per heavy atom. The van der Waals surface area contributed by atoms with Gasteiger partial charge in [0.15, 0.2) is 0 Å². The molecular formula is C15H25NOS. The van der Waals surface area contributed by atoms with Gasteiger partial charge in [-0.05, 0) is 49.9 Å². The van der Waals surface area contributed by atoms with E-state index in [0.717, 1.165) is 42.3 Å². The Morgan fingerprint density at radius 2 is 2.11 bits per heavy atom. The molecule has 1 aromatic rings. The summed E-state index contributed by atoms with van der Waals surface area (Å²) in [7, 11) is 0. The predicted octanol–water partition coefficient (Wildman–Crippen LogP) is 3.82. The van der Waals surface area contributed by atoms with Crippen molar-refractivity contribution in [1.82, 2.24) is 4.98 Å². The van der Waals surface area contributed by atoms with E-state index in [-0.39, 0.29) is 6.10 Å². The minimum Gasteiger partial charge on any atom is -0.393 e. The summed E-state index contributed by atoms with van der Waals surface area (Å²) in [5.74, 6) is 1.12. The quantitative estimate of drug-likeness (QED) is 0.883. The number of aromatic nitrogens is 1. The van der Waals surface area contributed by atoms with Gasteiger partial charge in [-0.25, -0.2) is 4.98 Å². The molecule has 0 bridgehead atoms. The molecule has 18 heavy (non-hydrogen) atoms. The molecule has 0 aliphatic heterocycles. The fraction of sp³-hybridized carbons (Fsp3) is 0.800. The molecule has 1 heterocycles. The molecule has 1 aromatic heterocycles. The van der Waals surface area contributed by atoms with Gasteiger partial charge in [-0.2, -0.15) is 0 Å².